The summed E-state index contributed by atoms with van der Waals surface area (Å²) in [4.78, 5) is 2.35. The third-order valence-corrected chi connectivity index (χ3v) is 11.6. The van der Waals surface area contributed by atoms with Gasteiger partial charge in [-0.3, -0.25) is 0 Å². The van der Waals surface area contributed by atoms with Crippen molar-refractivity contribution in [2.45, 2.75) is 13.8 Å². The molecule has 0 amide bonds. The Morgan fingerprint density at radius 2 is 0.797 bits per heavy atom. The Balaban J connectivity index is 1.02. The van der Waals surface area contributed by atoms with Gasteiger partial charge in [0.25, 0.3) is 0 Å². The standard InChI is InChI=1S/C58H43N/c1-40-14-12-18-48(38-40)59(49-19-13-15-41(2)39-49)47-35-32-46(33-36-47)58-55-24-10-8-22-53(55)57(54-23-9-11-25-56(54)58)45-30-27-42(28-31-45)26-29-44-34-37-51(43-16-4-3-5-17-43)52-21-7-6-20-50(44)52/h3-39H,1-2H3/b29-26+. The van der Waals surface area contributed by atoms with Gasteiger partial charge in [-0.15, -0.1) is 0 Å². The second-order valence-corrected chi connectivity index (χ2v) is 15.5. The molecule has 0 bridgehead atoms. The topological polar surface area (TPSA) is 3.24 Å². The highest BCUT2D eigenvalue weighted by Gasteiger charge is 2.18. The molecule has 10 aromatic rings. The predicted octanol–water partition coefficient (Wildman–Crippen LogP) is 16.4. The maximum Gasteiger partial charge on any atom is 0.0464 e. The zero-order valence-electron chi connectivity index (χ0n) is 33.3. The average molecular weight is 754 g/mol. The lowest BCUT2D eigenvalue weighted by atomic mass is 9.86. The molecule has 10 rings (SSSR count). The molecule has 0 aliphatic carbocycles. The van der Waals surface area contributed by atoms with Crippen LogP contribution < -0.4 is 4.90 Å². The van der Waals surface area contributed by atoms with Gasteiger partial charge in [0, 0.05) is 17.1 Å². The maximum atomic E-state index is 2.35. The van der Waals surface area contributed by atoms with Crippen molar-refractivity contribution in [1.82, 2.24) is 0 Å². The molecule has 0 aliphatic heterocycles. The van der Waals surface area contributed by atoms with Crippen LogP contribution in [-0.2, 0) is 0 Å². The fourth-order valence-electron chi connectivity index (χ4n) is 8.79. The lowest BCUT2D eigenvalue weighted by Crippen LogP contribution is -2.10. The van der Waals surface area contributed by atoms with Gasteiger partial charge in [0.2, 0.25) is 0 Å². The summed E-state index contributed by atoms with van der Waals surface area (Å²) >= 11 is 0. The summed E-state index contributed by atoms with van der Waals surface area (Å²) in [5.41, 5.74) is 15.7. The molecular formula is C58H43N. The van der Waals surface area contributed by atoms with E-state index in [0.717, 1.165) is 17.1 Å². The highest BCUT2D eigenvalue weighted by Crippen LogP contribution is 2.45. The van der Waals surface area contributed by atoms with Gasteiger partial charge in [-0.05, 0) is 138 Å². The molecule has 0 spiro atoms. The molecule has 1 nitrogen and oxygen atoms in total. The summed E-state index contributed by atoms with van der Waals surface area (Å²) in [6, 6.07) is 77.3. The molecule has 0 N–H and O–H groups in total. The van der Waals surface area contributed by atoms with Crippen molar-refractivity contribution in [3.05, 3.63) is 235 Å². The van der Waals surface area contributed by atoms with Gasteiger partial charge in [0.05, 0.1) is 0 Å². The van der Waals surface area contributed by atoms with E-state index < -0.39 is 0 Å². The van der Waals surface area contributed by atoms with E-state index in [1.165, 1.54) is 88.0 Å². The van der Waals surface area contributed by atoms with Crippen LogP contribution in [0, 0.1) is 13.8 Å². The van der Waals surface area contributed by atoms with Crippen LogP contribution in [0.1, 0.15) is 22.3 Å². The Morgan fingerprint density at radius 3 is 1.32 bits per heavy atom. The minimum atomic E-state index is 1.13. The van der Waals surface area contributed by atoms with E-state index >= 15 is 0 Å². The molecular weight excluding hydrogens is 711 g/mol. The maximum absolute atomic E-state index is 2.35. The van der Waals surface area contributed by atoms with Gasteiger partial charge < -0.3 is 4.90 Å². The number of rotatable bonds is 8. The quantitative estimate of drug-likeness (QED) is 0.110. The van der Waals surface area contributed by atoms with Crippen molar-refractivity contribution in [2.24, 2.45) is 0 Å². The van der Waals surface area contributed by atoms with Gasteiger partial charge in [0.1, 0.15) is 0 Å². The van der Waals surface area contributed by atoms with Gasteiger partial charge in [-0.1, -0.05) is 188 Å². The summed E-state index contributed by atoms with van der Waals surface area (Å²) in [7, 11) is 0. The molecule has 0 saturated carbocycles. The first-order valence-corrected chi connectivity index (χ1v) is 20.4. The number of anilines is 3. The number of hydrogen-bond acceptors (Lipinski definition) is 1. The van der Waals surface area contributed by atoms with Crippen LogP contribution in [-0.4, -0.2) is 0 Å². The first-order chi connectivity index (χ1) is 29.1. The molecule has 0 heterocycles. The number of fused-ring (bicyclic) bond motifs is 3. The van der Waals surface area contributed by atoms with Crippen LogP contribution in [0.15, 0.2) is 212 Å². The second kappa shape index (κ2) is 15.5. The molecule has 0 aliphatic rings. The van der Waals surface area contributed by atoms with Crippen LogP contribution in [0.5, 0.6) is 0 Å². The van der Waals surface area contributed by atoms with E-state index in [1.807, 2.05) is 0 Å². The molecule has 59 heavy (non-hydrogen) atoms. The van der Waals surface area contributed by atoms with Crippen LogP contribution in [0.4, 0.5) is 17.1 Å². The normalized spacial score (nSPS) is 11.5. The van der Waals surface area contributed by atoms with Crippen LogP contribution in [0.3, 0.4) is 0 Å². The smallest absolute Gasteiger partial charge is 0.0464 e. The highest BCUT2D eigenvalue weighted by molar-refractivity contribution is 6.21. The molecule has 10 aromatic carbocycles. The summed E-state index contributed by atoms with van der Waals surface area (Å²) < 4.78 is 0. The van der Waals surface area contributed by atoms with Gasteiger partial charge in [-0.25, -0.2) is 0 Å². The fourth-order valence-corrected chi connectivity index (χ4v) is 8.79. The molecule has 0 fully saturated rings. The number of nitrogens with zero attached hydrogens (tertiary/aromatic N) is 1. The number of aryl methyl sites for hydroxylation is 2. The predicted molar refractivity (Wildman–Crippen MR) is 255 cm³/mol. The lowest BCUT2D eigenvalue weighted by molar-refractivity contribution is 1.26. The van der Waals surface area contributed by atoms with E-state index in [2.05, 4.69) is 243 Å². The third-order valence-electron chi connectivity index (χ3n) is 11.6. The lowest BCUT2D eigenvalue weighted by Gasteiger charge is -2.26. The van der Waals surface area contributed by atoms with Crippen LogP contribution in [0.2, 0.25) is 0 Å². The van der Waals surface area contributed by atoms with Gasteiger partial charge in [-0.2, -0.15) is 0 Å². The monoisotopic (exact) mass is 753 g/mol. The van der Waals surface area contributed by atoms with E-state index in [4.69, 9.17) is 0 Å². The minimum absolute atomic E-state index is 1.13. The van der Waals surface area contributed by atoms with Gasteiger partial charge in [0.15, 0.2) is 0 Å². The van der Waals surface area contributed by atoms with Crippen molar-refractivity contribution in [2.75, 3.05) is 4.90 Å². The Labute approximate surface area is 346 Å². The Kier molecular flexibility index (Phi) is 9.41. The van der Waals surface area contributed by atoms with Crippen molar-refractivity contribution >= 4 is 61.5 Å². The number of hydrogen-bond donors (Lipinski definition) is 0. The minimum Gasteiger partial charge on any atom is -0.310 e. The van der Waals surface area contributed by atoms with E-state index in [9.17, 15) is 0 Å². The van der Waals surface area contributed by atoms with Crippen molar-refractivity contribution < 1.29 is 0 Å². The Morgan fingerprint density at radius 1 is 0.322 bits per heavy atom. The average Bonchev–Trinajstić information content (AvgIpc) is 3.28. The summed E-state index contributed by atoms with van der Waals surface area (Å²) in [6.45, 7) is 4.31. The summed E-state index contributed by atoms with van der Waals surface area (Å²) in [6.07, 6.45) is 4.48. The SMILES string of the molecule is Cc1cccc(N(c2ccc(-c3c4ccccc4c(-c4ccc(/C=C/c5ccc(-c6ccccc6)c6ccccc56)cc4)c4ccccc34)cc2)c2cccc(C)c2)c1. The Bertz CT molecular complexity index is 3050. The zero-order valence-corrected chi connectivity index (χ0v) is 33.3. The first-order valence-electron chi connectivity index (χ1n) is 20.4. The summed E-state index contributed by atoms with van der Waals surface area (Å²) in [5, 5.41) is 7.51. The zero-order chi connectivity index (χ0) is 39.7. The first kappa shape index (κ1) is 35.9. The van der Waals surface area contributed by atoms with E-state index in [1.54, 1.807) is 0 Å². The van der Waals surface area contributed by atoms with Gasteiger partial charge >= 0.3 is 0 Å². The molecule has 1 heteroatoms. The molecule has 0 aromatic heterocycles. The van der Waals surface area contributed by atoms with E-state index in [0.29, 0.717) is 0 Å². The molecule has 0 unspecified atom stereocenters. The fraction of sp³-hybridized carbons (Fsp3) is 0.0345. The molecule has 0 saturated heterocycles. The molecule has 280 valence electrons. The second-order valence-electron chi connectivity index (χ2n) is 15.5. The van der Waals surface area contributed by atoms with Crippen molar-refractivity contribution in [3.63, 3.8) is 0 Å². The molecule has 0 atom stereocenters. The van der Waals surface area contributed by atoms with Crippen molar-refractivity contribution in [1.29, 1.82) is 0 Å². The van der Waals surface area contributed by atoms with E-state index in [-0.39, 0.29) is 0 Å². The number of benzene rings is 10. The largest absolute Gasteiger partial charge is 0.310 e. The van der Waals surface area contributed by atoms with Crippen molar-refractivity contribution in [3.8, 4) is 33.4 Å². The van der Waals surface area contributed by atoms with Crippen LogP contribution in [0.25, 0.3) is 77.9 Å². The summed E-state index contributed by atoms with van der Waals surface area (Å²) in [5.74, 6) is 0. The third kappa shape index (κ3) is 6.88. The van der Waals surface area contributed by atoms with Crippen LogP contribution >= 0.6 is 0 Å². The Hall–Kier alpha value is -7.48. The molecule has 0 radical (unpaired) electrons. The highest BCUT2D eigenvalue weighted by atomic mass is 15.1.